The molecule has 1 amide bonds. The Kier molecular flexibility index (Phi) is 2.44. The predicted molar refractivity (Wildman–Crippen MR) is 43.2 cm³/mol. The number of ketones is 1. The fourth-order valence-corrected chi connectivity index (χ4v) is 1.50. The average molecular weight is 171 g/mol. The summed E-state index contributed by atoms with van der Waals surface area (Å²) in [6.07, 6.45) is 1.26. The van der Waals surface area contributed by atoms with E-state index in [4.69, 9.17) is 11.5 Å². The van der Waals surface area contributed by atoms with E-state index in [2.05, 4.69) is 5.32 Å². The van der Waals surface area contributed by atoms with Crippen LogP contribution in [0.5, 0.6) is 0 Å². The lowest BCUT2D eigenvalue weighted by atomic mass is 9.91. The van der Waals surface area contributed by atoms with Crippen molar-refractivity contribution < 1.29 is 9.59 Å². The molecular weight excluding hydrogens is 158 g/mol. The Balaban J connectivity index is 2.86. The molecule has 1 rings (SSSR count). The molecule has 68 valence electrons. The second-order valence-electron chi connectivity index (χ2n) is 2.93. The van der Waals surface area contributed by atoms with E-state index >= 15 is 0 Å². The SMILES string of the molecule is NCC(=O)[C@@]1(C(N)=O)CCCN1. The lowest BCUT2D eigenvalue weighted by Gasteiger charge is -2.22. The van der Waals surface area contributed by atoms with Gasteiger partial charge in [-0.3, -0.25) is 14.9 Å². The Morgan fingerprint density at radius 2 is 2.17 bits per heavy atom. The molecule has 1 heterocycles. The third-order valence-corrected chi connectivity index (χ3v) is 2.24. The minimum absolute atomic E-state index is 0.143. The van der Waals surface area contributed by atoms with Gasteiger partial charge in [0.15, 0.2) is 11.3 Å². The van der Waals surface area contributed by atoms with Crippen molar-refractivity contribution in [3.8, 4) is 0 Å². The molecule has 0 saturated carbocycles. The third-order valence-electron chi connectivity index (χ3n) is 2.24. The van der Waals surface area contributed by atoms with Gasteiger partial charge in [0.2, 0.25) is 5.91 Å². The fraction of sp³-hybridized carbons (Fsp3) is 0.714. The highest BCUT2D eigenvalue weighted by atomic mass is 16.2. The van der Waals surface area contributed by atoms with Crippen LogP contribution >= 0.6 is 0 Å². The molecule has 0 aromatic carbocycles. The van der Waals surface area contributed by atoms with Gasteiger partial charge in [-0.2, -0.15) is 0 Å². The van der Waals surface area contributed by atoms with Crippen LogP contribution in [0.25, 0.3) is 0 Å². The van der Waals surface area contributed by atoms with Gasteiger partial charge < -0.3 is 11.5 Å². The minimum Gasteiger partial charge on any atom is -0.368 e. The molecule has 12 heavy (non-hydrogen) atoms. The van der Waals surface area contributed by atoms with E-state index in [1.165, 1.54) is 0 Å². The molecule has 5 nitrogen and oxygen atoms in total. The standard InChI is InChI=1S/C7H13N3O2/c8-4-5(11)7(6(9)12)2-1-3-10-7/h10H,1-4,8H2,(H2,9,12)/t7-/m1/s1. The maximum atomic E-state index is 11.3. The number of amides is 1. The largest absolute Gasteiger partial charge is 0.368 e. The zero-order chi connectivity index (χ0) is 9.19. The maximum absolute atomic E-state index is 11.3. The smallest absolute Gasteiger partial charge is 0.245 e. The normalized spacial score (nSPS) is 28.8. The molecule has 0 bridgehead atoms. The van der Waals surface area contributed by atoms with Crippen molar-refractivity contribution in [2.75, 3.05) is 13.1 Å². The lowest BCUT2D eigenvalue weighted by molar-refractivity contribution is -0.134. The molecule has 1 saturated heterocycles. The summed E-state index contributed by atoms with van der Waals surface area (Å²) < 4.78 is 0. The molecule has 0 unspecified atom stereocenters. The van der Waals surface area contributed by atoms with Gasteiger partial charge in [-0.1, -0.05) is 0 Å². The summed E-state index contributed by atoms with van der Waals surface area (Å²) in [5, 5.41) is 2.82. The van der Waals surface area contributed by atoms with Gasteiger partial charge in [-0.15, -0.1) is 0 Å². The van der Waals surface area contributed by atoms with Crippen LogP contribution in [0.3, 0.4) is 0 Å². The highest BCUT2D eigenvalue weighted by Gasteiger charge is 2.45. The zero-order valence-corrected chi connectivity index (χ0v) is 6.80. The van der Waals surface area contributed by atoms with Gasteiger partial charge in [-0.05, 0) is 19.4 Å². The summed E-state index contributed by atoms with van der Waals surface area (Å²) >= 11 is 0. The second kappa shape index (κ2) is 3.20. The average Bonchev–Trinajstić information content (AvgIpc) is 2.52. The molecule has 5 N–H and O–H groups in total. The Morgan fingerprint density at radius 3 is 2.50 bits per heavy atom. The van der Waals surface area contributed by atoms with Crippen LogP contribution in [0.2, 0.25) is 0 Å². The topological polar surface area (TPSA) is 98.2 Å². The van der Waals surface area contributed by atoms with Crippen molar-refractivity contribution in [2.45, 2.75) is 18.4 Å². The Hall–Kier alpha value is -0.940. The van der Waals surface area contributed by atoms with E-state index in [1.807, 2.05) is 0 Å². The molecule has 1 aliphatic rings. The van der Waals surface area contributed by atoms with E-state index in [0.717, 1.165) is 6.42 Å². The number of hydrogen-bond donors (Lipinski definition) is 3. The molecule has 1 aliphatic heterocycles. The first-order valence-corrected chi connectivity index (χ1v) is 3.92. The summed E-state index contributed by atoms with van der Waals surface area (Å²) in [4.78, 5) is 22.3. The van der Waals surface area contributed by atoms with Gasteiger partial charge in [0.25, 0.3) is 0 Å². The van der Waals surface area contributed by atoms with E-state index in [1.54, 1.807) is 0 Å². The first kappa shape index (κ1) is 9.15. The molecule has 1 fully saturated rings. The Bertz CT molecular complexity index is 209. The molecule has 0 spiro atoms. The second-order valence-corrected chi connectivity index (χ2v) is 2.93. The molecule has 0 radical (unpaired) electrons. The van der Waals surface area contributed by atoms with Crippen LogP contribution in [0.1, 0.15) is 12.8 Å². The van der Waals surface area contributed by atoms with Crippen LogP contribution in [-0.4, -0.2) is 30.3 Å². The van der Waals surface area contributed by atoms with Crippen molar-refractivity contribution in [3.05, 3.63) is 0 Å². The summed E-state index contributed by atoms with van der Waals surface area (Å²) in [6.45, 7) is 0.505. The number of nitrogens with one attached hydrogen (secondary N) is 1. The van der Waals surface area contributed by atoms with Gasteiger partial charge in [-0.25, -0.2) is 0 Å². The number of nitrogens with two attached hydrogens (primary N) is 2. The highest BCUT2D eigenvalue weighted by molar-refractivity contribution is 6.11. The van der Waals surface area contributed by atoms with Gasteiger partial charge >= 0.3 is 0 Å². The van der Waals surface area contributed by atoms with Crippen LogP contribution in [0.4, 0.5) is 0 Å². The summed E-state index contributed by atoms with van der Waals surface area (Å²) in [6, 6.07) is 0. The first-order chi connectivity index (χ1) is 5.63. The summed E-state index contributed by atoms with van der Waals surface area (Å²) in [5.41, 5.74) is 9.14. The molecule has 1 atom stereocenters. The van der Waals surface area contributed by atoms with Crippen molar-refractivity contribution in [1.29, 1.82) is 0 Å². The van der Waals surface area contributed by atoms with E-state index in [9.17, 15) is 9.59 Å². The Labute approximate surface area is 70.5 Å². The monoisotopic (exact) mass is 171 g/mol. The quantitative estimate of drug-likeness (QED) is 0.433. The molecule has 5 heteroatoms. The van der Waals surface area contributed by atoms with E-state index < -0.39 is 11.4 Å². The predicted octanol–water partition coefficient (Wildman–Crippen LogP) is -1.88. The highest BCUT2D eigenvalue weighted by Crippen LogP contribution is 2.19. The van der Waals surface area contributed by atoms with Crippen LogP contribution in [-0.2, 0) is 9.59 Å². The van der Waals surface area contributed by atoms with Gasteiger partial charge in [0, 0.05) is 0 Å². The van der Waals surface area contributed by atoms with Crippen molar-refractivity contribution >= 4 is 11.7 Å². The Morgan fingerprint density at radius 1 is 1.50 bits per heavy atom. The molecule has 0 aliphatic carbocycles. The van der Waals surface area contributed by atoms with Gasteiger partial charge in [0.1, 0.15) is 0 Å². The molecule has 0 aromatic rings. The molecule has 0 aromatic heterocycles. The van der Waals surface area contributed by atoms with Crippen molar-refractivity contribution in [2.24, 2.45) is 11.5 Å². The number of primary amides is 1. The molecular formula is C7H13N3O2. The van der Waals surface area contributed by atoms with Crippen molar-refractivity contribution in [1.82, 2.24) is 5.32 Å². The number of carbonyl (C=O) groups excluding carboxylic acids is 2. The number of carbonyl (C=O) groups is 2. The zero-order valence-electron chi connectivity index (χ0n) is 6.80. The van der Waals surface area contributed by atoms with Crippen molar-refractivity contribution in [3.63, 3.8) is 0 Å². The first-order valence-electron chi connectivity index (χ1n) is 3.92. The number of hydrogen-bond acceptors (Lipinski definition) is 4. The minimum atomic E-state index is -1.17. The van der Waals surface area contributed by atoms with E-state index in [0.29, 0.717) is 13.0 Å². The maximum Gasteiger partial charge on any atom is 0.245 e. The third kappa shape index (κ3) is 1.21. The van der Waals surface area contributed by atoms with Gasteiger partial charge in [0.05, 0.1) is 6.54 Å². The fourth-order valence-electron chi connectivity index (χ4n) is 1.50. The van der Waals surface area contributed by atoms with Crippen LogP contribution < -0.4 is 16.8 Å². The van der Waals surface area contributed by atoms with Crippen LogP contribution in [0, 0.1) is 0 Å². The number of Topliss-reactive ketones (excluding diaryl/α,β-unsaturated/α-hetero) is 1. The van der Waals surface area contributed by atoms with E-state index in [-0.39, 0.29) is 12.3 Å². The summed E-state index contributed by atoms with van der Waals surface area (Å²) in [5.74, 6) is -0.928. The number of rotatable bonds is 3. The lowest BCUT2D eigenvalue weighted by Crippen LogP contribution is -2.59. The van der Waals surface area contributed by atoms with Crippen LogP contribution in [0.15, 0.2) is 0 Å². The summed E-state index contributed by atoms with van der Waals surface area (Å²) in [7, 11) is 0.